The number of amides is 1. The molecule has 4 heteroatoms. The predicted octanol–water partition coefficient (Wildman–Crippen LogP) is 3.21. The molecule has 0 atom stereocenters. The Balaban J connectivity index is 1.77. The molecule has 1 fully saturated rings. The molecule has 0 spiro atoms. The van der Waals surface area contributed by atoms with E-state index in [1.165, 1.54) is 0 Å². The number of carbonyl (C=O) groups is 1. The first kappa shape index (κ1) is 12.5. The van der Waals surface area contributed by atoms with Crippen molar-refractivity contribution in [2.75, 3.05) is 19.7 Å². The molecule has 0 bridgehead atoms. The minimum absolute atomic E-state index is 0.0614. The van der Waals surface area contributed by atoms with Crippen LogP contribution in [0.2, 0.25) is 0 Å². The SMILES string of the molecule is O=C(COc1ccc2ccccc2c1Br)N1CCC1. The standard InChI is InChI=1S/C15H14BrNO2/c16-15-12-5-2-1-4-11(12)6-7-13(15)19-10-14(18)17-8-3-9-17/h1-2,4-7H,3,8-10H2. The van der Waals surface area contributed by atoms with E-state index in [0.29, 0.717) is 5.75 Å². The Morgan fingerprint density at radius 2 is 2.00 bits per heavy atom. The molecule has 0 unspecified atom stereocenters. The van der Waals surface area contributed by atoms with Crippen molar-refractivity contribution >= 4 is 32.6 Å². The van der Waals surface area contributed by atoms with Crippen LogP contribution in [0, 0.1) is 0 Å². The lowest BCUT2D eigenvalue weighted by Crippen LogP contribution is -2.44. The fraction of sp³-hybridized carbons (Fsp3) is 0.267. The van der Waals surface area contributed by atoms with E-state index in [2.05, 4.69) is 22.0 Å². The van der Waals surface area contributed by atoms with Crippen LogP contribution >= 0.6 is 15.9 Å². The maximum Gasteiger partial charge on any atom is 0.260 e. The summed E-state index contributed by atoms with van der Waals surface area (Å²) in [6, 6.07) is 12.0. The number of nitrogens with zero attached hydrogens (tertiary/aromatic N) is 1. The quantitative estimate of drug-likeness (QED) is 0.869. The molecule has 3 rings (SSSR count). The van der Waals surface area contributed by atoms with Gasteiger partial charge in [0.1, 0.15) is 5.75 Å². The van der Waals surface area contributed by atoms with Crippen molar-refractivity contribution in [3.63, 3.8) is 0 Å². The first-order valence-corrected chi connectivity index (χ1v) is 7.13. The Hall–Kier alpha value is -1.55. The van der Waals surface area contributed by atoms with Crippen molar-refractivity contribution in [3.8, 4) is 5.75 Å². The van der Waals surface area contributed by atoms with Gasteiger partial charge >= 0.3 is 0 Å². The van der Waals surface area contributed by atoms with E-state index in [9.17, 15) is 4.79 Å². The number of fused-ring (bicyclic) bond motifs is 1. The van der Waals surface area contributed by atoms with Crippen molar-refractivity contribution in [1.29, 1.82) is 0 Å². The molecule has 19 heavy (non-hydrogen) atoms. The minimum atomic E-state index is 0.0614. The van der Waals surface area contributed by atoms with Gasteiger partial charge in [0.05, 0.1) is 4.47 Å². The fourth-order valence-corrected chi connectivity index (χ4v) is 2.73. The molecule has 1 aliphatic heterocycles. The largest absolute Gasteiger partial charge is 0.483 e. The van der Waals surface area contributed by atoms with Gasteiger partial charge in [-0.15, -0.1) is 0 Å². The van der Waals surface area contributed by atoms with E-state index >= 15 is 0 Å². The van der Waals surface area contributed by atoms with Gasteiger partial charge in [0.2, 0.25) is 0 Å². The van der Waals surface area contributed by atoms with Gasteiger partial charge in [-0.05, 0) is 39.2 Å². The number of rotatable bonds is 3. The van der Waals surface area contributed by atoms with Crippen molar-refractivity contribution in [1.82, 2.24) is 4.90 Å². The number of likely N-dealkylation sites (tertiary alicyclic amines) is 1. The molecule has 1 aliphatic rings. The van der Waals surface area contributed by atoms with Crippen LogP contribution in [-0.4, -0.2) is 30.5 Å². The summed E-state index contributed by atoms with van der Waals surface area (Å²) in [6.07, 6.45) is 1.10. The van der Waals surface area contributed by atoms with Gasteiger partial charge in [0.15, 0.2) is 6.61 Å². The molecule has 3 nitrogen and oxygen atoms in total. The second-order valence-electron chi connectivity index (χ2n) is 4.62. The monoisotopic (exact) mass is 319 g/mol. The summed E-state index contributed by atoms with van der Waals surface area (Å²) in [4.78, 5) is 13.6. The Morgan fingerprint density at radius 3 is 2.74 bits per heavy atom. The summed E-state index contributed by atoms with van der Waals surface area (Å²) in [6.45, 7) is 1.83. The van der Waals surface area contributed by atoms with E-state index in [4.69, 9.17) is 4.74 Å². The van der Waals surface area contributed by atoms with Gasteiger partial charge in [0, 0.05) is 13.1 Å². The molecule has 0 saturated carbocycles. The van der Waals surface area contributed by atoms with Crippen molar-refractivity contribution < 1.29 is 9.53 Å². The Morgan fingerprint density at radius 1 is 1.21 bits per heavy atom. The van der Waals surface area contributed by atoms with Crippen molar-refractivity contribution in [3.05, 3.63) is 40.9 Å². The number of ether oxygens (including phenoxy) is 1. The average molecular weight is 320 g/mol. The van der Waals surface area contributed by atoms with Crippen LogP contribution < -0.4 is 4.74 Å². The maximum absolute atomic E-state index is 11.8. The Bertz CT molecular complexity index is 623. The first-order chi connectivity index (χ1) is 9.25. The van der Waals surface area contributed by atoms with Crippen LogP contribution in [0.15, 0.2) is 40.9 Å². The lowest BCUT2D eigenvalue weighted by molar-refractivity contribution is -0.136. The van der Waals surface area contributed by atoms with E-state index in [1.54, 1.807) is 0 Å². The molecule has 1 heterocycles. The van der Waals surface area contributed by atoms with E-state index in [0.717, 1.165) is 34.8 Å². The highest BCUT2D eigenvalue weighted by Crippen LogP contribution is 2.33. The maximum atomic E-state index is 11.8. The molecule has 0 N–H and O–H groups in total. The molecule has 0 aromatic heterocycles. The van der Waals surface area contributed by atoms with E-state index in [1.807, 2.05) is 35.2 Å². The van der Waals surface area contributed by atoms with Gasteiger partial charge in [0.25, 0.3) is 5.91 Å². The third kappa shape index (κ3) is 2.45. The van der Waals surface area contributed by atoms with Crippen LogP contribution in [0.1, 0.15) is 6.42 Å². The summed E-state index contributed by atoms with van der Waals surface area (Å²) in [5.74, 6) is 0.777. The molecule has 1 amide bonds. The predicted molar refractivity (Wildman–Crippen MR) is 78.3 cm³/mol. The summed E-state index contributed by atoms with van der Waals surface area (Å²) < 4.78 is 6.53. The van der Waals surface area contributed by atoms with Gasteiger partial charge in [-0.3, -0.25) is 4.79 Å². The van der Waals surface area contributed by atoms with Gasteiger partial charge in [-0.1, -0.05) is 30.3 Å². The molecule has 0 radical (unpaired) electrons. The van der Waals surface area contributed by atoms with Gasteiger partial charge in [-0.2, -0.15) is 0 Å². The molecular formula is C15H14BrNO2. The Labute approximate surface area is 120 Å². The van der Waals surface area contributed by atoms with Crippen molar-refractivity contribution in [2.45, 2.75) is 6.42 Å². The van der Waals surface area contributed by atoms with Crippen LogP contribution in [0.3, 0.4) is 0 Å². The highest BCUT2D eigenvalue weighted by molar-refractivity contribution is 9.10. The van der Waals surface area contributed by atoms with Gasteiger partial charge < -0.3 is 9.64 Å². The molecule has 0 aliphatic carbocycles. The molecule has 98 valence electrons. The zero-order chi connectivity index (χ0) is 13.2. The topological polar surface area (TPSA) is 29.5 Å². The zero-order valence-electron chi connectivity index (χ0n) is 10.4. The molecule has 2 aromatic carbocycles. The third-order valence-corrected chi connectivity index (χ3v) is 4.21. The smallest absolute Gasteiger partial charge is 0.260 e. The highest BCUT2D eigenvalue weighted by Gasteiger charge is 2.20. The number of carbonyl (C=O) groups excluding carboxylic acids is 1. The third-order valence-electron chi connectivity index (χ3n) is 3.39. The fourth-order valence-electron chi connectivity index (χ4n) is 2.12. The lowest BCUT2D eigenvalue weighted by Gasteiger charge is -2.30. The molecular weight excluding hydrogens is 306 g/mol. The Kier molecular flexibility index (Phi) is 3.42. The number of halogens is 1. The van der Waals surface area contributed by atoms with Gasteiger partial charge in [-0.25, -0.2) is 0 Å². The number of benzene rings is 2. The van der Waals surface area contributed by atoms with Crippen molar-refractivity contribution in [2.24, 2.45) is 0 Å². The molecule has 2 aromatic rings. The van der Waals surface area contributed by atoms with Crippen LogP contribution in [0.25, 0.3) is 10.8 Å². The summed E-state index contributed by atoms with van der Waals surface area (Å²) in [5, 5.41) is 2.24. The average Bonchev–Trinajstić information content (AvgIpc) is 2.36. The summed E-state index contributed by atoms with van der Waals surface area (Å²) in [5.41, 5.74) is 0. The van der Waals surface area contributed by atoms with E-state index in [-0.39, 0.29) is 12.5 Å². The van der Waals surface area contributed by atoms with Crippen LogP contribution in [0.4, 0.5) is 0 Å². The van der Waals surface area contributed by atoms with E-state index < -0.39 is 0 Å². The first-order valence-electron chi connectivity index (χ1n) is 6.33. The zero-order valence-corrected chi connectivity index (χ0v) is 12.0. The molecule has 1 saturated heterocycles. The highest BCUT2D eigenvalue weighted by atomic mass is 79.9. The second kappa shape index (κ2) is 5.21. The lowest BCUT2D eigenvalue weighted by atomic mass is 10.1. The normalized spacial score (nSPS) is 14.3. The number of hydrogen-bond donors (Lipinski definition) is 0. The number of hydrogen-bond acceptors (Lipinski definition) is 2. The minimum Gasteiger partial charge on any atom is -0.483 e. The van der Waals surface area contributed by atoms with Crippen LogP contribution in [0.5, 0.6) is 5.75 Å². The summed E-state index contributed by atoms with van der Waals surface area (Å²) in [7, 11) is 0. The summed E-state index contributed by atoms with van der Waals surface area (Å²) >= 11 is 3.55. The second-order valence-corrected chi connectivity index (χ2v) is 5.41. The van der Waals surface area contributed by atoms with Crippen LogP contribution in [-0.2, 0) is 4.79 Å².